The normalized spacial score (nSPS) is 27.1. The first-order chi connectivity index (χ1) is 8.76. The van der Waals surface area contributed by atoms with E-state index in [-0.39, 0.29) is 0 Å². The molecule has 4 heteroatoms. The summed E-state index contributed by atoms with van der Waals surface area (Å²) in [7, 11) is 1.79. The van der Waals surface area contributed by atoms with E-state index in [1.165, 1.54) is 0 Å². The summed E-state index contributed by atoms with van der Waals surface area (Å²) in [6.07, 6.45) is 4.30. The van der Waals surface area contributed by atoms with Crippen molar-refractivity contribution in [2.45, 2.75) is 38.0 Å². The van der Waals surface area contributed by atoms with Crippen LogP contribution in [-0.4, -0.2) is 42.2 Å². The van der Waals surface area contributed by atoms with Crippen LogP contribution in [0.4, 0.5) is 0 Å². The van der Waals surface area contributed by atoms with Crippen LogP contribution in [0.25, 0.3) is 0 Å². The fraction of sp³-hybridized carbons (Fsp3) is 0.643. The molecular weight excluding hydrogens is 226 g/mol. The van der Waals surface area contributed by atoms with Gasteiger partial charge in [-0.1, -0.05) is 6.07 Å². The van der Waals surface area contributed by atoms with Crippen LogP contribution in [-0.2, 0) is 4.74 Å². The van der Waals surface area contributed by atoms with Crippen LogP contribution in [0.5, 0.6) is 0 Å². The summed E-state index contributed by atoms with van der Waals surface area (Å²) >= 11 is 0. The van der Waals surface area contributed by atoms with Gasteiger partial charge in [0.05, 0.1) is 11.8 Å². The van der Waals surface area contributed by atoms with E-state index in [9.17, 15) is 0 Å². The lowest BCUT2D eigenvalue weighted by atomic mass is 9.96. The molecule has 0 aliphatic carbocycles. The molecule has 1 aromatic rings. The van der Waals surface area contributed by atoms with Gasteiger partial charge in [-0.05, 0) is 31.9 Å². The molecule has 0 saturated carbocycles. The zero-order chi connectivity index (χ0) is 13.0. The fourth-order valence-corrected chi connectivity index (χ4v) is 2.78. The van der Waals surface area contributed by atoms with Crippen LogP contribution in [0.15, 0.2) is 24.4 Å². The fourth-order valence-electron chi connectivity index (χ4n) is 2.78. The SMILES string of the molecule is COC1CCN(C(C)c2ccccn2)C(CN)C1. The van der Waals surface area contributed by atoms with Gasteiger partial charge < -0.3 is 10.5 Å². The summed E-state index contributed by atoms with van der Waals surface area (Å²) in [5.41, 5.74) is 7.03. The number of hydrogen-bond donors (Lipinski definition) is 1. The van der Waals surface area contributed by atoms with E-state index < -0.39 is 0 Å². The van der Waals surface area contributed by atoms with Gasteiger partial charge in [0.25, 0.3) is 0 Å². The maximum absolute atomic E-state index is 5.91. The van der Waals surface area contributed by atoms with E-state index in [0.29, 0.717) is 24.7 Å². The Balaban J connectivity index is 2.07. The first-order valence-electron chi connectivity index (χ1n) is 6.65. The number of nitrogens with two attached hydrogens (primary N) is 1. The van der Waals surface area contributed by atoms with Gasteiger partial charge in [0.2, 0.25) is 0 Å². The Hall–Kier alpha value is -0.970. The second-order valence-corrected chi connectivity index (χ2v) is 4.94. The number of ether oxygens (including phenoxy) is 1. The van der Waals surface area contributed by atoms with Crippen LogP contribution < -0.4 is 5.73 Å². The smallest absolute Gasteiger partial charge is 0.0599 e. The number of nitrogens with zero attached hydrogens (tertiary/aromatic N) is 2. The van der Waals surface area contributed by atoms with Crippen molar-refractivity contribution in [3.05, 3.63) is 30.1 Å². The van der Waals surface area contributed by atoms with E-state index in [1.807, 2.05) is 18.3 Å². The minimum atomic E-state index is 0.317. The number of methoxy groups -OCH3 is 1. The minimum absolute atomic E-state index is 0.317. The van der Waals surface area contributed by atoms with E-state index in [1.54, 1.807) is 7.11 Å². The van der Waals surface area contributed by atoms with Crippen molar-refractivity contribution in [1.82, 2.24) is 9.88 Å². The molecule has 1 aliphatic rings. The zero-order valence-corrected chi connectivity index (χ0v) is 11.2. The highest BCUT2D eigenvalue weighted by molar-refractivity contribution is 5.09. The maximum atomic E-state index is 5.91. The van der Waals surface area contributed by atoms with Crippen molar-refractivity contribution < 1.29 is 4.74 Å². The third-order valence-corrected chi connectivity index (χ3v) is 3.93. The van der Waals surface area contributed by atoms with E-state index in [0.717, 1.165) is 25.1 Å². The Bertz CT molecular complexity index is 357. The molecule has 1 fully saturated rings. The summed E-state index contributed by atoms with van der Waals surface area (Å²) in [5.74, 6) is 0. The Kier molecular flexibility index (Phi) is 4.69. The molecule has 1 aromatic heterocycles. The lowest BCUT2D eigenvalue weighted by molar-refractivity contribution is -0.00230. The van der Waals surface area contributed by atoms with Gasteiger partial charge in [-0.2, -0.15) is 0 Å². The molecule has 0 amide bonds. The molecule has 18 heavy (non-hydrogen) atoms. The topological polar surface area (TPSA) is 51.4 Å². The average molecular weight is 249 g/mol. The molecule has 3 unspecified atom stereocenters. The van der Waals surface area contributed by atoms with Crippen LogP contribution >= 0.6 is 0 Å². The summed E-state index contributed by atoms with van der Waals surface area (Å²) in [5, 5.41) is 0. The molecule has 1 aliphatic heterocycles. The van der Waals surface area contributed by atoms with Crippen molar-refractivity contribution in [2.75, 3.05) is 20.2 Å². The minimum Gasteiger partial charge on any atom is -0.381 e. The highest BCUT2D eigenvalue weighted by Gasteiger charge is 2.31. The number of pyridine rings is 1. The Morgan fingerprint density at radius 3 is 3.00 bits per heavy atom. The Labute approximate surface area is 109 Å². The number of aromatic nitrogens is 1. The maximum Gasteiger partial charge on any atom is 0.0599 e. The Morgan fingerprint density at radius 2 is 2.39 bits per heavy atom. The van der Waals surface area contributed by atoms with Crippen LogP contribution in [0.3, 0.4) is 0 Å². The summed E-state index contributed by atoms with van der Waals surface area (Å²) < 4.78 is 5.46. The predicted octanol–water partition coefficient (Wildman–Crippen LogP) is 1.58. The molecule has 2 rings (SSSR count). The molecule has 0 aromatic carbocycles. The van der Waals surface area contributed by atoms with Crippen LogP contribution in [0.2, 0.25) is 0 Å². The molecule has 100 valence electrons. The highest BCUT2D eigenvalue weighted by atomic mass is 16.5. The molecule has 3 atom stereocenters. The van der Waals surface area contributed by atoms with Gasteiger partial charge in [-0.15, -0.1) is 0 Å². The summed E-state index contributed by atoms with van der Waals surface area (Å²) in [6.45, 7) is 3.91. The first kappa shape index (κ1) is 13.5. The molecule has 4 nitrogen and oxygen atoms in total. The third kappa shape index (κ3) is 2.88. The lowest BCUT2D eigenvalue weighted by Crippen LogP contribution is -2.49. The highest BCUT2D eigenvalue weighted by Crippen LogP contribution is 2.27. The third-order valence-electron chi connectivity index (χ3n) is 3.93. The van der Waals surface area contributed by atoms with Gasteiger partial charge >= 0.3 is 0 Å². The molecule has 0 radical (unpaired) electrons. The Morgan fingerprint density at radius 1 is 1.56 bits per heavy atom. The van der Waals surface area contributed by atoms with Gasteiger partial charge in [-0.3, -0.25) is 9.88 Å². The second-order valence-electron chi connectivity index (χ2n) is 4.94. The van der Waals surface area contributed by atoms with Crippen LogP contribution in [0, 0.1) is 0 Å². The quantitative estimate of drug-likeness (QED) is 0.880. The summed E-state index contributed by atoms with van der Waals surface area (Å²) in [6, 6.07) is 6.78. The average Bonchev–Trinajstić information content (AvgIpc) is 2.46. The molecule has 2 heterocycles. The van der Waals surface area contributed by atoms with Gasteiger partial charge in [-0.25, -0.2) is 0 Å². The first-order valence-corrected chi connectivity index (χ1v) is 6.65. The van der Waals surface area contributed by atoms with Crippen molar-refractivity contribution in [3.8, 4) is 0 Å². The van der Waals surface area contributed by atoms with Crippen molar-refractivity contribution in [2.24, 2.45) is 5.73 Å². The van der Waals surface area contributed by atoms with Gasteiger partial charge in [0.1, 0.15) is 0 Å². The van der Waals surface area contributed by atoms with Crippen molar-refractivity contribution in [1.29, 1.82) is 0 Å². The number of rotatable bonds is 4. The largest absolute Gasteiger partial charge is 0.381 e. The van der Waals surface area contributed by atoms with Gasteiger partial charge in [0.15, 0.2) is 0 Å². The monoisotopic (exact) mass is 249 g/mol. The van der Waals surface area contributed by atoms with E-state index >= 15 is 0 Å². The lowest BCUT2D eigenvalue weighted by Gasteiger charge is -2.41. The summed E-state index contributed by atoms with van der Waals surface area (Å²) in [4.78, 5) is 6.90. The molecule has 0 spiro atoms. The number of likely N-dealkylation sites (tertiary alicyclic amines) is 1. The number of hydrogen-bond acceptors (Lipinski definition) is 4. The molecule has 1 saturated heterocycles. The van der Waals surface area contributed by atoms with E-state index in [4.69, 9.17) is 10.5 Å². The van der Waals surface area contributed by atoms with Crippen molar-refractivity contribution in [3.63, 3.8) is 0 Å². The molecule has 0 bridgehead atoms. The second kappa shape index (κ2) is 6.27. The number of piperidine rings is 1. The zero-order valence-electron chi connectivity index (χ0n) is 11.2. The van der Waals surface area contributed by atoms with Crippen molar-refractivity contribution >= 4 is 0 Å². The van der Waals surface area contributed by atoms with Gasteiger partial charge in [0, 0.05) is 38.5 Å². The van der Waals surface area contributed by atoms with E-state index in [2.05, 4.69) is 22.9 Å². The van der Waals surface area contributed by atoms with Crippen LogP contribution in [0.1, 0.15) is 31.5 Å². The predicted molar refractivity (Wildman–Crippen MR) is 72.2 cm³/mol. The standard InChI is InChI=1S/C14H23N3O/c1-11(14-5-3-4-7-16-14)17-8-6-13(18-2)9-12(17)10-15/h3-5,7,11-13H,6,8-10,15H2,1-2H3. The molecular formula is C14H23N3O. The molecule has 2 N–H and O–H groups in total.